The zero-order chi connectivity index (χ0) is 13.3. The van der Waals surface area contributed by atoms with Gasteiger partial charge >= 0.3 is 0 Å². The topological polar surface area (TPSA) is 9.23 Å². The molecule has 0 saturated carbocycles. The highest BCUT2D eigenvalue weighted by Crippen LogP contribution is 2.42. The van der Waals surface area contributed by atoms with Crippen LogP contribution in [0.25, 0.3) is 0 Å². The number of ether oxygens (including phenoxy) is 1. The van der Waals surface area contributed by atoms with Crippen molar-refractivity contribution in [3.8, 4) is 5.75 Å². The maximum absolute atomic E-state index is 13.6. The molecule has 1 nitrogen and oxygen atoms in total. The van der Waals surface area contributed by atoms with Crippen LogP contribution in [-0.4, -0.2) is 7.11 Å². The molecular weight excluding hydrogens is 362 g/mol. The third-order valence-electron chi connectivity index (χ3n) is 2.42. The lowest BCUT2D eigenvalue weighted by molar-refractivity contribution is 0.386. The number of halogens is 4. The first-order valence-electron chi connectivity index (χ1n) is 4.95. The molecule has 18 heavy (non-hydrogen) atoms. The Labute approximate surface area is 127 Å². The molecule has 0 spiro atoms. The van der Waals surface area contributed by atoms with Gasteiger partial charge in [0.15, 0.2) is 11.6 Å². The second-order valence-electron chi connectivity index (χ2n) is 3.54. The van der Waals surface area contributed by atoms with E-state index in [0.717, 1.165) is 11.1 Å². The first kappa shape index (κ1) is 14.1. The third-order valence-corrected chi connectivity index (χ3v) is 4.96. The first-order valence-corrected chi connectivity index (χ1v) is 7.44. The van der Waals surface area contributed by atoms with E-state index in [2.05, 4.69) is 15.9 Å². The Bertz CT molecular complexity index is 573. The lowest BCUT2D eigenvalue weighted by Crippen LogP contribution is -1.95. The van der Waals surface area contributed by atoms with Gasteiger partial charge in [0.2, 0.25) is 0 Å². The minimum absolute atomic E-state index is 0.200. The zero-order valence-corrected chi connectivity index (χ0v) is 13.1. The van der Waals surface area contributed by atoms with Crippen LogP contribution < -0.4 is 4.74 Å². The summed E-state index contributed by atoms with van der Waals surface area (Å²) in [6, 6.07) is 6.56. The van der Waals surface area contributed by atoms with Crippen LogP contribution in [0.5, 0.6) is 5.75 Å². The second-order valence-corrected chi connectivity index (χ2v) is 6.74. The molecule has 0 bridgehead atoms. The first-order chi connectivity index (χ1) is 8.52. The van der Waals surface area contributed by atoms with Crippen molar-refractivity contribution in [1.82, 2.24) is 0 Å². The zero-order valence-electron chi connectivity index (χ0n) is 9.22. The molecule has 0 saturated heterocycles. The molecule has 6 heteroatoms. The lowest BCUT2D eigenvalue weighted by Gasteiger charge is -2.11. The van der Waals surface area contributed by atoms with Crippen molar-refractivity contribution in [2.45, 2.75) is 4.83 Å². The molecule has 2 aromatic rings. The van der Waals surface area contributed by atoms with E-state index in [1.54, 1.807) is 18.2 Å². The summed E-state index contributed by atoms with van der Waals surface area (Å²) in [5, 5.41) is 0. The van der Waals surface area contributed by atoms with E-state index in [1.165, 1.54) is 24.5 Å². The number of hydrogen-bond acceptors (Lipinski definition) is 2. The summed E-state index contributed by atoms with van der Waals surface area (Å²) in [4.78, 5) is -0.200. The van der Waals surface area contributed by atoms with Crippen LogP contribution in [0, 0.1) is 5.82 Å². The van der Waals surface area contributed by atoms with E-state index in [4.69, 9.17) is 27.9 Å². The van der Waals surface area contributed by atoms with E-state index in [1.807, 2.05) is 0 Å². The molecule has 0 aliphatic rings. The largest absolute Gasteiger partial charge is 0.494 e. The molecular formula is C12H8BrCl2FOS. The fourth-order valence-electron chi connectivity index (χ4n) is 1.55. The smallest absolute Gasteiger partial charge is 0.165 e. The Morgan fingerprint density at radius 2 is 2.06 bits per heavy atom. The van der Waals surface area contributed by atoms with Crippen molar-refractivity contribution in [3.05, 3.63) is 49.9 Å². The highest BCUT2D eigenvalue weighted by Gasteiger charge is 2.18. The summed E-state index contributed by atoms with van der Waals surface area (Å²) in [6.45, 7) is 0. The monoisotopic (exact) mass is 368 g/mol. The standard InChI is InChI=1S/C12H8BrCl2FOS/c1-17-9-3-2-6(4-8(9)16)11(13)7-5-10(14)18-12(7)15/h2-5,11H,1H3. The van der Waals surface area contributed by atoms with Crippen LogP contribution in [-0.2, 0) is 0 Å². The van der Waals surface area contributed by atoms with Gasteiger partial charge in [0.05, 0.1) is 20.6 Å². The minimum Gasteiger partial charge on any atom is -0.494 e. The highest BCUT2D eigenvalue weighted by atomic mass is 79.9. The van der Waals surface area contributed by atoms with Gasteiger partial charge in [-0.15, -0.1) is 11.3 Å². The van der Waals surface area contributed by atoms with Crippen molar-refractivity contribution in [2.24, 2.45) is 0 Å². The third kappa shape index (κ3) is 2.82. The molecule has 1 atom stereocenters. The van der Waals surface area contributed by atoms with Gasteiger partial charge < -0.3 is 4.74 Å². The van der Waals surface area contributed by atoms with Gasteiger partial charge in [-0.25, -0.2) is 4.39 Å². The SMILES string of the molecule is COc1ccc(C(Br)c2cc(Cl)sc2Cl)cc1F. The average molecular weight is 370 g/mol. The Hall–Kier alpha value is -0.290. The second kappa shape index (κ2) is 5.78. The van der Waals surface area contributed by atoms with Gasteiger partial charge in [0, 0.05) is 5.56 Å². The molecule has 1 aromatic carbocycles. The molecule has 0 N–H and O–H groups in total. The lowest BCUT2D eigenvalue weighted by atomic mass is 10.1. The predicted octanol–water partition coefficient (Wildman–Crippen LogP) is 5.69. The Kier molecular flexibility index (Phi) is 4.54. The van der Waals surface area contributed by atoms with E-state index in [9.17, 15) is 4.39 Å². The minimum atomic E-state index is -0.406. The number of rotatable bonds is 3. The summed E-state index contributed by atoms with van der Waals surface area (Å²) < 4.78 is 19.7. The number of hydrogen-bond donors (Lipinski definition) is 0. The normalized spacial score (nSPS) is 12.5. The molecule has 0 radical (unpaired) electrons. The molecule has 0 aliphatic heterocycles. The van der Waals surface area contributed by atoms with E-state index >= 15 is 0 Å². The van der Waals surface area contributed by atoms with Gasteiger partial charge in [0.25, 0.3) is 0 Å². The van der Waals surface area contributed by atoms with Gasteiger partial charge in [-0.3, -0.25) is 0 Å². The number of thiophene rings is 1. The fraction of sp³-hybridized carbons (Fsp3) is 0.167. The van der Waals surface area contributed by atoms with Crippen molar-refractivity contribution < 1.29 is 9.13 Å². The summed E-state index contributed by atoms with van der Waals surface area (Å²) in [7, 11) is 1.43. The van der Waals surface area contributed by atoms with E-state index in [-0.39, 0.29) is 10.6 Å². The summed E-state index contributed by atoms with van der Waals surface area (Å²) in [5.74, 6) is -0.190. The van der Waals surface area contributed by atoms with Crippen LogP contribution >= 0.6 is 50.5 Å². The molecule has 0 fully saturated rings. The summed E-state index contributed by atoms with van der Waals surface area (Å²) in [6.07, 6.45) is 0. The van der Waals surface area contributed by atoms with Crippen molar-refractivity contribution in [2.75, 3.05) is 7.11 Å². The Balaban J connectivity index is 2.37. The maximum atomic E-state index is 13.6. The molecule has 0 aliphatic carbocycles. The van der Waals surface area contributed by atoms with Crippen LogP contribution in [0.4, 0.5) is 4.39 Å². The highest BCUT2D eigenvalue weighted by molar-refractivity contribution is 9.09. The number of alkyl halides is 1. The Morgan fingerprint density at radius 1 is 1.33 bits per heavy atom. The molecule has 96 valence electrons. The molecule has 1 aromatic heterocycles. The van der Waals surface area contributed by atoms with Crippen LogP contribution in [0.15, 0.2) is 24.3 Å². The molecule has 1 heterocycles. The molecule has 2 rings (SSSR count). The van der Waals surface area contributed by atoms with Crippen LogP contribution in [0.2, 0.25) is 8.67 Å². The number of benzene rings is 1. The van der Waals surface area contributed by atoms with Crippen LogP contribution in [0.3, 0.4) is 0 Å². The van der Waals surface area contributed by atoms with Crippen molar-refractivity contribution in [1.29, 1.82) is 0 Å². The van der Waals surface area contributed by atoms with E-state index in [0.29, 0.717) is 8.67 Å². The van der Waals surface area contributed by atoms with Gasteiger partial charge in [-0.1, -0.05) is 45.2 Å². The van der Waals surface area contributed by atoms with Gasteiger partial charge in [-0.2, -0.15) is 0 Å². The van der Waals surface area contributed by atoms with Gasteiger partial charge in [-0.05, 0) is 23.8 Å². The number of methoxy groups -OCH3 is 1. The van der Waals surface area contributed by atoms with Crippen LogP contribution in [0.1, 0.15) is 16.0 Å². The molecule has 0 amide bonds. The molecule has 1 unspecified atom stereocenters. The fourth-order valence-corrected chi connectivity index (χ4v) is 4.01. The van der Waals surface area contributed by atoms with Crippen molar-refractivity contribution >= 4 is 50.5 Å². The predicted molar refractivity (Wildman–Crippen MR) is 78.1 cm³/mol. The Morgan fingerprint density at radius 3 is 2.56 bits per heavy atom. The van der Waals surface area contributed by atoms with Gasteiger partial charge in [0.1, 0.15) is 0 Å². The maximum Gasteiger partial charge on any atom is 0.165 e. The van der Waals surface area contributed by atoms with E-state index < -0.39 is 5.82 Å². The quantitative estimate of drug-likeness (QED) is 0.631. The van der Waals surface area contributed by atoms with Crippen molar-refractivity contribution in [3.63, 3.8) is 0 Å². The summed E-state index contributed by atoms with van der Waals surface area (Å²) in [5.41, 5.74) is 1.58. The summed E-state index contributed by atoms with van der Waals surface area (Å²) >= 11 is 16.8. The average Bonchev–Trinajstić information content (AvgIpc) is 2.67.